The summed E-state index contributed by atoms with van der Waals surface area (Å²) in [5.41, 5.74) is 0.902. The van der Waals surface area contributed by atoms with Crippen LogP contribution < -0.4 is 10.1 Å². The van der Waals surface area contributed by atoms with Gasteiger partial charge in [-0.05, 0) is 24.3 Å². The molecule has 1 N–H and O–H groups in total. The summed E-state index contributed by atoms with van der Waals surface area (Å²) in [6, 6.07) is 17.2. The summed E-state index contributed by atoms with van der Waals surface area (Å²) in [5, 5.41) is 3.20. The summed E-state index contributed by atoms with van der Waals surface area (Å²) < 4.78 is 10.5. The van der Waals surface area contributed by atoms with Crippen LogP contribution in [0, 0.1) is 5.92 Å². The molecular weight excluding hydrogens is 266 g/mol. The molecule has 2 aromatic rings. The summed E-state index contributed by atoms with van der Waals surface area (Å²) in [5.74, 6) is 1.11. The smallest absolute Gasteiger partial charge is 0.310 e. The van der Waals surface area contributed by atoms with E-state index in [2.05, 4.69) is 5.32 Å². The second kappa shape index (κ2) is 7.33. The third-order valence-electron chi connectivity index (χ3n) is 3.03. The Hall–Kier alpha value is -2.49. The van der Waals surface area contributed by atoms with Gasteiger partial charge in [0.15, 0.2) is 0 Å². The zero-order valence-corrected chi connectivity index (χ0v) is 12.2. The molecule has 0 saturated carbocycles. The van der Waals surface area contributed by atoms with Gasteiger partial charge in [-0.25, -0.2) is 0 Å². The van der Waals surface area contributed by atoms with Crippen molar-refractivity contribution in [3.05, 3.63) is 54.6 Å². The van der Waals surface area contributed by atoms with Crippen LogP contribution in [0.2, 0.25) is 0 Å². The number of esters is 1. The van der Waals surface area contributed by atoms with E-state index in [1.165, 1.54) is 7.11 Å². The molecule has 1 atom stereocenters. The molecule has 4 nitrogen and oxygen atoms in total. The molecule has 0 aliphatic rings. The van der Waals surface area contributed by atoms with Crippen LogP contribution in [-0.4, -0.2) is 19.6 Å². The van der Waals surface area contributed by atoms with Crippen molar-refractivity contribution in [1.29, 1.82) is 0 Å². The van der Waals surface area contributed by atoms with E-state index in [-0.39, 0.29) is 11.9 Å². The average molecular weight is 285 g/mol. The highest BCUT2D eigenvalue weighted by molar-refractivity contribution is 5.72. The summed E-state index contributed by atoms with van der Waals surface area (Å²) in [4.78, 5) is 11.4. The maximum absolute atomic E-state index is 11.4. The number of ether oxygens (including phenoxy) is 2. The van der Waals surface area contributed by atoms with E-state index in [4.69, 9.17) is 9.47 Å². The Bertz CT molecular complexity index is 584. The van der Waals surface area contributed by atoms with Gasteiger partial charge in [-0.15, -0.1) is 0 Å². The highest BCUT2D eigenvalue weighted by Gasteiger charge is 2.12. The Labute approximate surface area is 124 Å². The molecule has 0 heterocycles. The van der Waals surface area contributed by atoms with Crippen molar-refractivity contribution in [3.8, 4) is 11.5 Å². The normalized spacial score (nSPS) is 11.5. The van der Waals surface area contributed by atoms with Crippen LogP contribution >= 0.6 is 0 Å². The van der Waals surface area contributed by atoms with Crippen LogP contribution in [0.1, 0.15) is 6.92 Å². The minimum Gasteiger partial charge on any atom is -0.469 e. The molecule has 0 saturated heterocycles. The molecule has 2 rings (SSSR count). The van der Waals surface area contributed by atoms with E-state index in [1.807, 2.05) is 61.5 Å². The zero-order chi connectivity index (χ0) is 15.1. The van der Waals surface area contributed by atoms with Gasteiger partial charge < -0.3 is 14.8 Å². The van der Waals surface area contributed by atoms with E-state index >= 15 is 0 Å². The monoisotopic (exact) mass is 285 g/mol. The number of carbonyl (C=O) groups excluding carboxylic acids is 1. The highest BCUT2D eigenvalue weighted by Crippen LogP contribution is 2.23. The fourth-order valence-corrected chi connectivity index (χ4v) is 1.85. The van der Waals surface area contributed by atoms with Crippen LogP contribution in [0.5, 0.6) is 11.5 Å². The number of hydrogen-bond donors (Lipinski definition) is 1. The summed E-state index contributed by atoms with van der Waals surface area (Å²) in [6.45, 7) is 2.34. The van der Waals surface area contributed by atoms with Gasteiger partial charge in [0.05, 0.1) is 13.0 Å². The average Bonchev–Trinajstić information content (AvgIpc) is 2.53. The minimum atomic E-state index is -0.223. The fourth-order valence-electron chi connectivity index (χ4n) is 1.85. The summed E-state index contributed by atoms with van der Waals surface area (Å²) in [7, 11) is 1.40. The third-order valence-corrected chi connectivity index (χ3v) is 3.03. The van der Waals surface area contributed by atoms with E-state index in [1.54, 1.807) is 0 Å². The van der Waals surface area contributed by atoms with Crippen LogP contribution in [0.25, 0.3) is 0 Å². The molecular formula is C17H19NO3. The van der Waals surface area contributed by atoms with Gasteiger partial charge in [0, 0.05) is 18.3 Å². The predicted molar refractivity (Wildman–Crippen MR) is 82.6 cm³/mol. The van der Waals surface area contributed by atoms with Gasteiger partial charge in [-0.2, -0.15) is 0 Å². The van der Waals surface area contributed by atoms with Gasteiger partial charge in [0.2, 0.25) is 0 Å². The lowest BCUT2D eigenvalue weighted by Crippen LogP contribution is -2.21. The molecule has 0 amide bonds. The Morgan fingerprint density at radius 3 is 2.52 bits per heavy atom. The van der Waals surface area contributed by atoms with E-state index in [0.29, 0.717) is 6.54 Å². The van der Waals surface area contributed by atoms with Crippen LogP contribution in [0.4, 0.5) is 5.69 Å². The van der Waals surface area contributed by atoms with Crippen molar-refractivity contribution in [2.45, 2.75) is 6.92 Å². The first kappa shape index (κ1) is 14.9. The Balaban J connectivity index is 1.96. The lowest BCUT2D eigenvalue weighted by atomic mass is 10.2. The van der Waals surface area contributed by atoms with Gasteiger partial charge in [-0.3, -0.25) is 4.79 Å². The second-order valence-corrected chi connectivity index (χ2v) is 4.75. The third kappa shape index (κ3) is 4.53. The van der Waals surface area contributed by atoms with Crippen LogP contribution in [-0.2, 0) is 9.53 Å². The molecule has 0 spiro atoms. The van der Waals surface area contributed by atoms with E-state index in [0.717, 1.165) is 17.2 Å². The highest BCUT2D eigenvalue weighted by atomic mass is 16.5. The van der Waals surface area contributed by atoms with Crippen molar-refractivity contribution in [2.75, 3.05) is 19.0 Å². The Morgan fingerprint density at radius 2 is 1.81 bits per heavy atom. The van der Waals surface area contributed by atoms with Gasteiger partial charge in [-0.1, -0.05) is 31.2 Å². The molecule has 110 valence electrons. The van der Waals surface area contributed by atoms with Crippen molar-refractivity contribution in [2.24, 2.45) is 5.92 Å². The zero-order valence-electron chi connectivity index (χ0n) is 12.2. The topological polar surface area (TPSA) is 47.6 Å². The number of hydrogen-bond acceptors (Lipinski definition) is 4. The van der Waals surface area contributed by atoms with Gasteiger partial charge in [0.1, 0.15) is 11.5 Å². The van der Waals surface area contributed by atoms with Gasteiger partial charge in [0.25, 0.3) is 0 Å². The van der Waals surface area contributed by atoms with Crippen molar-refractivity contribution < 1.29 is 14.3 Å². The molecule has 4 heteroatoms. The molecule has 21 heavy (non-hydrogen) atoms. The van der Waals surface area contributed by atoms with E-state index < -0.39 is 0 Å². The molecule has 1 unspecified atom stereocenters. The quantitative estimate of drug-likeness (QED) is 0.822. The number of nitrogens with one attached hydrogen (secondary N) is 1. The number of anilines is 1. The molecule has 2 aromatic carbocycles. The largest absolute Gasteiger partial charge is 0.469 e. The Kier molecular flexibility index (Phi) is 5.21. The SMILES string of the molecule is COC(=O)C(C)CNc1cccc(Oc2ccccc2)c1. The first-order chi connectivity index (χ1) is 10.2. The molecule has 0 bridgehead atoms. The number of para-hydroxylation sites is 1. The lowest BCUT2D eigenvalue weighted by molar-refractivity contribution is -0.144. The van der Waals surface area contributed by atoms with Crippen molar-refractivity contribution in [1.82, 2.24) is 0 Å². The van der Waals surface area contributed by atoms with Crippen LogP contribution in [0.3, 0.4) is 0 Å². The molecule has 0 fully saturated rings. The first-order valence-electron chi connectivity index (χ1n) is 6.83. The summed E-state index contributed by atoms with van der Waals surface area (Å²) in [6.07, 6.45) is 0. The van der Waals surface area contributed by atoms with Crippen molar-refractivity contribution in [3.63, 3.8) is 0 Å². The van der Waals surface area contributed by atoms with Crippen molar-refractivity contribution >= 4 is 11.7 Å². The van der Waals surface area contributed by atoms with E-state index in [9.17, 15) is 4.79 Å². The first-order valence-corrected chi connectivity index (χ1v) is 6.83. The molecule has 0 aliphatic carbocycles. The summed E-state index contributed by atoms with van der Waals surface area (Å²) >= 11 is 0. The number of methoxy groups -OCH3 is 1. The molecule has 0 aromatic heterocycles. The molecule has 0 radical (unpaired) electrons. The van der Waals surface area contributed by atoms with Crippen LogP contribution in [0.15, 0.2) is 54.6 Å². The van der Waals surface area contributed by atoms with Gasteiger partial charge >= 0.3 is 5.97 Å². The maximum Gasteiger partial charge on any atom is 0.310 e. The minimum absolute atomic E-state index is 0.200. The predicted octanol–water partition coefficient (Wildman–Crippen LogP) is 3.70. The lowest BCUT2D eigenvalue weighted by Gasteiger charge is -2.12. The standard InChI is InChI=1S/C17H19NO3/c1-13(17(19)20-2)12-18-14-7-6-10-16(11-14)21-15-8-4-3-5-9-15/h3-11,13,18H,12H2,1-2H3. The number of rotatable bonds is 6. The number of benzene rings is 2. The number of carbonyl (C=O) groups is 1. The second-order valence-electron chi connectivity index (χ2n) is 4.75. The fraction of sp³-hybridized carbons (Fsp3) is 0.235. The Morgan fingerprint density at radius 1 is 1.10 bits per heavy atom. The maximum atomic E-state index is 11.4. The molecule has 0 aliphatic heterocycles.